The van der Waals surface area contributed by atoms with Crippen molar-refractivity contribution in [1.82, 2.24) is 0 Å². The van der Waals surface area contributed by atoms with Gasteiger partial charge in [-0.25, -0.2) is 0 Å². The summed E-state index contributed by atoms with van der Waals surface area (Å²) in [4.78, 5) is 3.25. The van der Waals surface area contributed by atoms with Crippen LogP contribution < -0.4 is 10.6 Å². The second-order valence-electron chi connectivity index (χ2n) is 4.18. The zero-order valence-corrected chi connectivity index (χ0v) is 10.9. The molecule has 0 amide bonds. The van der Waals surface area contributed by atoms with Gasteiger partial charge in [-0.15, -0.1) is 11.8 Å². The Kier molecular flexibility index (Phi) is 3.47. The Balaban J connectivity index is 2.49. The van der Waals surface area contributed by atoms with Crippen LogP contribution in [0, 0.1) is 0 Å². The molecule has 0 bridgehead atoms. The lowest BCUT2D eigenvalue weighted by atomic mass is 10.1. The van der Waals surface area contributed by atoms with Gasteiger partial charge in [0.25, 0.3) is 0 Å². The first kappa shape index (κ1) is 12.1. The quantitative estimate of drug-likeness (QED) is 0.283. The van der Waals surface area contributed by atoms with Crippen molar-refractivity contribution in [2.45, 2.75) is 23.8 Å². The van der Waals surface area contributed by atoms with Crippen molar-refractivity contribution in [3.8, 4) is 0 Å². The Morgan fingerprint density at radius 3 is 2.76 bits per heavy atom. The first-order chi connectivity index (χ1) is 8.19. The number of hydrogen-bond acceptors (Lipinski definition) is 4. The van der Waals surface area contributed by atoms with Crippen LogP contribution in [0.3, 0.4) is 0 Å². The van der Waals surface area contributed by atoms with E-state index in [0.29, 0.717) is 6.04 Å². The van der Waals surface area contributed by atoms with E-state index in [-0.39, 0.29) is 5.84 Å². The molecule has 0 atom stereocenters. The van der Waals surface area contributed by atoms with Gasteiger partial charge in [0.2, 0.25) is 0 Å². The molecule has 1 saturated carbocycles. The molecule has 1 fully saturated rings. The minimum atomic E-state index is 0.178. The van der Waals surface area contributed by atoms with Gasteiger partial charge in [0.05, 0.1) is 5.56 Å². The first-order valence-corrected chi connectivity index (χ1v) is 6.79. The molecule has 0 saturated heterocycles. The Morgan fingerprint density at radius 2 is 2.24 bits per heavy atom. The summed E-state index contributed by atoms with van der Waals surface area (Å²) in [6.07, 6.45) is 4.43. The summed E-state index contributed by atoms with van der Waals surface area (Å²) in [7, 11) is 2.06. The highest BCUT2D eigenvalue weighted by atomic mass is 32.2. The van der Waals surface area contributed by atoms with E-state index in [1.54, 1.807) is 11.8 Å². The molecular formula is C12H17N3OS. The first-order valence-electron chi connectivity index (χ1n) is 5.56. The van der Waals surface area contributed by atoms with Crippen LogP contribution in [-0.2, 0) is 0 Å². The van der Waals surface area contributed by atoms with Crippen molar-refractivity contribution >= 4 is 23.3 Å². The summed E-state index contributed by atoms with van der Waals surface area (Å²) >= 11 is 1.60. The zero-order valence-electron chi connectivity index (χ0n) is 10.1. The van der Waals surface area contributed by atoms with Crippen LogP contribution in [-0.4, -0.2) is 30.4 Å². The molecule has 17 heavy (non-hydrogen) atoms. The largest absolute Gasteiger partial charge is 0.409 e. The Morgan fingerprint density at radius 1 is 1.53 bits per heavy atom. The van der Waals surface area contributed by atoms with Crippen molar-refractivity contribution in [1.29, 1.82) is 0 Å². The summed E-state index contributed by atoms with van der Waals surface area (Å²) in [5, 5.41) is 12.0. The number of oxime groups is 1. The van der Waals surface area contributed by atoms with Crippen LogP contribution in [0.25, 0.3) is 0 Å². The summed E-state index contributed by atoms with van der Waals surface area (Å²) < 4.78 is 0. The zero-order chi connectivity index (χ0) is 12.4. The minimum Gasteiger partial charge on any atom is -0.409 e. The molecule has 1 aliphatic carbocycles. The molecule has 5 heteroatoms. The molecule has 1 aromatic carbocycles. The van der Waals surface area contributed by atoms with Crippen molar-refractivity contribution in [2.24, 2.45) is 10.9 Å². The van der Waals surface area contributed by atoms with Gasteiger partial charge < -0.3 is 15.8 Å². The smallest absolute Gasteiger partial charge is 0.173 e. The highest BCUT2D eigenvalue weighted by Crippen LogP contribution is 2.35. The molecular weight excluding hydrogens is 234 g/mol. The van der Waals surface area contributed by atoms with E-state index in [4.69, 9.17) is 10.9 Å². The van der Waals surface area contributed by atoms with E-state index in [1.165, 1.54) is 12.8 Å². The monoisotopic (exact) mass is 251 g/mol. The topological polar surface area (TPSA) is 61.8 Å². The third-order valence-corrected chi connectivity index (χ3v) is 3.84. The van der Waals surface area contributed by atoms with E-state index >= 15 is 0 Å². The van der Waals surface area contributed by atoms with Crippen LogP contribution in [0.5, 0.6) is 0 Å². The molecule has 0 aliphatic heterocycles. The Bertz CT molecular complexity index is 443. The van der Waals surface area contributed by atoms with Crippen LogP contribution in [0.1, 0.15) is 18.4 Å². The van der Waals surface area contributed by atoms with Crippen molar-refractivity contribution in [3.63, 3.8) is 0 Å². The number of nitrogens with zero attached hydrogens (tertiary/aromatic N) is 2. The summed E-state index contributed by atoms with van der Waals surface area (Å²) in [5.74, 6) is 0.178. The van der Waals surface area contributed by atoms with Gasteiger partial charge in [0.1, 0.15) is 0 Å². The second-order valence-corrected chi connectivity index (χ2v) is 5.03. The average molecular weight is 251 g/mol. The van der Waals surface area contributed by atoms with Crippen molar-refractivity contribution in [3.05, 3.63) is 23.8 Å². The molecule has 2 rings (SSSR count). The molecule has 3 N–H and O–H groups in total. The molecule has 0 heterocycles. The molecule has 0 radical (unpaired) electrons. The van der Waals surface area contributed by atoms with Crippen molar-refractivity contribution < 1.29 is 5.21 Å². The van der Waals surface area contributed by atoms with E-state index in [2.05, 4.69) is 17.1 Å². The lowest BCUT2D eigenvalue weighted by molar-refractivity contribution is 0.318. The normalized spacial score (nSPS) is 16.0. The molecule has 92 valence electrons. The fourth-order valence-electron chi connectivity index (χ4n) is 1.95. The minimum absolute atomic E-state index is 0.178. The second kappa shape index (κ2) is 4.87. The molecule has 1 aromatic rings. The SMILES string of the molecule is CSc1cccc(N(C)C2CC2)c1/C(N)=N/O. The average Bonchev–Trinajstić information content (AvgIpc) is 3.20. The number of amidine groups is 1. The van der Waals surface area contributed by atoms with Crippen LogP contribution in [0.4, 0.5) is 5.69 Å². The van der Waals surface area contributed by atoms with Crippen LogP contribution >= 0.6 is 11.8 Å². The standard InChI is InChI=1S/C12H17N3OS/c1-15(8-6-7-8)9-4-3-5-10(17-2)11(9)12(13)14-16/h3-5,8,16H,6-7H2,1-2H3,(H2,13,14). The fourth-order valence-corrected chi connectivity index (χ4v) is 2.58. The number of anilines is 1. The number of hydrogen-bond donors (Lipinski definition) is 2. The summed E-state index contributed by atoms with van der Waals surface area (Å²) in [6, 6.07) is 6.61. The number of benzene rings is 1. The van der Waals surface area contributed by atoms with Gasteiger partial charge in [-0.2, -0.15) is 0 Å². The van der Waals surface area contributed by atoms with Crippen LogP contribution in [0.15, 0.2) is 28.3 Å². The van der Waals surface area contributed by atoms with Gasteiger partial charge in [-0.1, -0.05) is 11.2 Å². The predicted octanol–water partition coefficient (Wildman–Crippen LogP) is 2.10. The maximum absolute atomic E-state index is 8.90. The molecule has 0 spiro atoms. The van der Waals surface area contributed by atoms with E-state index < -0.39 is 0 Å². The fraction of sp³-hybridized carbons (Fsp3) is 0.417. The van der Waals surface area contributed by atoms with E-state index in [0.717, 1.165) is 16.1 Å². The lowest BCUT2D eigenvalue weighted by Crippen LogP contribution is -2.25. The third kappa shape index (κ3) is 2.34. The van der Waals surface area contributed by atoms with Crippen LogP contribution in [0.2, 0.25) is 0 Å². The molecule has 4 nitrogen and oxygen atoms in total. The summed E-state index contributed by atoms with van der Waals surface area (Å²) in [6.45, 7) is 0. The predicted molar refractivity (Wildman–Crippen MR) is 72.2 cm³/mol. The molecule has 0 unspecified atom stereocenters. The van der Waals surface area contributed by atoms with Gasteiger partial charge in [0.15, 0.2) is 5.84 Å². The Hall–Kier alpha value is -1.36. The van der Waals surface area contributed by atoms with Gasteiger partial charge in [-0.3, -0.25) is 0 Å². The number of thioether (sulfide) groups is 1. The molecule has 0 aromatic heterocycles. The van der Waals surface area contributed by atoms with Gasteiger partial charge in [-0.05, 0) is 31.2 Å². The van der Waals surface area contributed by atoms with Crippen molar-refractivity contribution in [2.75, 3.05) is 18.2 Å². The number of rotatable bonds is 4. The highest BCUT2D eigenvalue weighted by Gasteiger charge is 2.28. The Labute approximate surface area is 105 Å². The highest BCUT2D eigenvalue weighted by molar-refractivity contribution is 7.98. The third-order valence-electron chi connectivity index (χ3n) is 3.06. The van der Waals surface area contributed by atoms with Gasteiger partial charge >= 0.3 is 0 Å². The van der Waals surface area contributed by atoms with E-state index in [1.807, 2.05) is 24.5 Å². The maximum Gasteiger partial charge on any atom is 0.173 e. The molecule has 1 aliphatic rings. The van der Waals surface area contributed by atoms with E-state index in [9.17, 15) is 0 Å². The number of nitrogens with two attached hydrogens (primary N) is 1. The summed E-state index contributed by atoms with van der Waals surface area (Å²) in [5.41, 5.74) is 7.66. The maximum atomic E-state index is 8.90. The van der Waals surface area contributed by atoms with Gasteiger partial charge in [0, 0.05) is 23.7 Å². The lowest BCUT2D eigenvalue weighted by Gasteiger charge is -2.23.